The van der Waals surface area contributed by atoms with Crippen LogP contribution in [-0.2, 0) is 9.53 Å². The smallest absolute Gasteiger partial charge is 0.317 e. The van der Waals surface area contributed by atoms with Crippen LogP contribution < -0.4 is 5.32 Å². The van der Waals surface area contributed by atoms with E-state index in [9.17, 15) is 9.59 Å². The Morgan fingerprint density at radius 2 is 2.26 bits per heavy atom. The van der Waals surface area contributed by atoms with Crippen molar-refractivity contribution >= 4 is 12.0 Å². The van der Waals surface area contributed by atoms with Gasteiger partial charge in [-0.3, -0.25) is 4.79 Å². The molecule has 0 bridgehead atoms. The van der Waals surface area contributed by atoms with E-state index in [-0.39, 0.29) is 19.2 Å². The van der Waals surface area contributed by atoms with Crippen LogP contribution in [0.4, 0.5) is 4.79 Å². The van der Waals surface area contributed by atoms with Gasteiger partial charge < -0.3 is 20.1 Å². The second-order valence-corrected chi connectivity index (χ2v) is 4.43. The van der Waals surface area contributed by atoms with E-state index in [4.69, 9.17) is 16.3 Å². The van der Waals surface area contributed by atoms with Crippen molar-refractivity contribution in [3.63, 3.8) is 0 Å². The number of hydrogen-bond donors (Lipinski definition) is 2. The summed E-state index contributed by atoms with van der Waals surface area (Å²) < 4.78 is 5.20. The van der Waals surface area contributed by atoms with E-state index < -0.39 is 17.9 Å². The van der Waals surface area contributed by atoms with Gasteiger partial charge in [-0.05, 0) is 6.42 Å². The van der Waals surface area contributed by atoms with Gasteiger partial charge in [0.1, 0.15) is 5.92 Å². The molecule has 0 saturated carbocycles. The number of carboxylic acids is 1. The zero-order valence-electron chi connectivity index (χ0n) is 11.1. The monoisotopic (exact) mass is 268 g/mol. The predicted octanol–water partition coefficient (Wildman–Crippen LogP) is 0.531. The van der Waals surface area contributed by atoms with Crippen LogP contribution in [0.5, 0.6) is 0 Å². The number of carbonyl (C=O) groups is 2. The van der Waals surface area contributed by atoms with E-state index >= 15 is 0 Å². The Morgan fingerprint density at radius 1 is 1.53 bits per heavy atom. The highest BCUT2D eigenvalue weighted by Crippen LogP contribution is 2.20. The van der Waals surface area contributed by atoms with Crippen LogP contribution in [0.15, 0.2) is 0 Å². The van der Waals surface area contributed by atoms with Gasteiger partial charge in [-0.2, -0.15) is 0 Å². The quantitative estimate of drug-likeness (QED) is 0.544. The fraction of sp³-hybridized carbons (Fsp3) is 0.692. The van der Waals surface area contributed by atoms with Crippen molar-refractivity contribution in [2.45, 2.75) is 25.8 Å². The molecule has 2 atom stereocenters. The maximum atomic E-state index is 12.1. The average Bonchev–Trinajstić information content (AvgIpc) is 2.85. The number of hydrogen-bond acceptors (Lipinski definition) is 3. The third-order valence-corrected chi connectivity index (χ3v) is 3.04. The molecule has 6 nitrogen and oxygen atoms in total. The van der Waals surface area contributed by atoms with E-state index in [1.54, 1.807) is 4.90 Å². The number of nitrogens with zero attached hydrogens (tertiary/aromatic N) is 1. The molecule has 2 N–H and O–H groups in total. The van der Waals surface area contributed by atoms with Crippen molar-refractivity contribution in [3.8, 4) is 12.3 Å². The minimum Gasteiger partial charge on any atom is -0.481 e. The van der Waals surface area contributed by atoms with Crippen molar-refractivity contribution in [1.29, 1.82) is 0 Å². The number of carbonyl (C=O) groups excluding carboxylic acids is 1. The third-order valence-electron chi connectivity index (χ3n) is 3.04. The highest BCUT2D eigenvalue weighted by atomic mass is 16.5. The average molecular weight is 268 g/mol. The molecule has 0 aromatic heterocycles. The van der Waals surface area contributed by atoms with Crippen molar-refractivity contribution in [2.24, 2.45) is 5.92 Å². The summed E-state index contributed by atoms with van der Waals surface area (Å²) in [6.45, 7) is 3.24. The van der Waals surface area contributed by atoms with Crippen LogP contribution in [-0.4, -0.2) is 54.4 Å². The zero-order chi connectivity index (χ0) is 14.3. The normalized spacial score (nSPS) is 21.7. The molecular weight excluding hydrogens is 248 g/mol. The van der Waals surface area contributed by atoms with Gasteiger partial charge >= 0.3 is 12.0 Å². The van der Waals surface area contributed by atoms with Crippen LogP contribution in [0, 0.1) is 18.3 Å². The third kappa shape index (κ3) is 4.14. The van der Waals surface area contributed by atoms with Crippen LogP contribution in [0.25, 0.3) is 0 Å². The Morgan fingerprint density at radius 3 is 2.84 bits per heavy atom. The number of urea groups is 1. The Labute approximate surface area is 113 Å². The molecule has 19 heavy (non-hydrogen) atoms. The molecule has 6 heteroatoms. The largest absolute Gasteiger partial charge is 0.481 e. The van der Waals surface area contributed by atoms with Gasteiger partial charge in [0.25, 0.3) is 0 Å². The summed E-state index contributed by atoms with van der Waals surface area (Å²) in [5.74, 6) is 0.846. The number of carboxylic acid groups (broad SMARTS) is 1. The Kier molecular flexibility index (Phi) is 6.16. The lowest BCUT2D eigenvalue weighted by Gasteiger charge is -2.30. The molecule has 1 aliphatic heterocycles. The number of amides is 2. The number of rotatable bonds is 6. The molecule has 0 spiro atoms. The summed E-state index contributed by atoms with van der Waals surface area (Å²) in [5, 5.41) is 11.8. The fourth-order valence-corrected chi connectivity index (χ4v) is 2.09. The van der Waals surface area contributed by atoms with Gasteiger partial charge in [0, 0.05) is 19.5 Å². The maximum absolute atomic E-state index is 12.1. The molecule has 0 aromatic rings. The summed E-state index contributed by atoms with van der Waals surface area (Å²) in [7, 11) is 0. The molecule has 1 rings (SSSR count). The summed E-state index contributed by atoms with van der Waals surface area (Å²) in [5.41, 5.74) is 0. The summed E-state index contributed by atoms with van der Waals surface area (Å²) in [6.07, 6.45) is 6.33. The lowest BCUT2D eigenvalue weighted by atomic mass is 10.0. The fourth-order valence-electron chi connectivity index (χ4n) is 2.09. The van der Waals surface area contributed by atoms with Crippen molar-refractivity contribution in [2.75, 3.05) is 26.3 Å². The van der Waals surface area contributed by atoms with Gasteiger partial charge in [-0.15, -0.1) is 12.3 Å². The molecule has 2 unspecified atom stereocenters. The predicted molar refractivity (Wildman–Crippen MR) is 69.6 cm³/mol. The Hall–Kier alpha value is -1.74. The highest BCUT2D eigenvalue weighted by Gasteiger charge is 2.39. The minimum absolute atomic E-state index is 0.151. The van der Waals surface area contributed by atoms with E-state index in [1.165, 1.54) is 0 Å². The first kappa shape index (κ1) is 15.3. The standard InChI is InChI=1S/C13H20N2O4/c1-3-5-6-14-13(18)15(7-4-2)11-9-19-8-10(11)12(16)17/h1,10-11H,4-9H2,2H3,(H,14,18)(H,16,17). The molecule has 1 aliphatic rings. The second-order valence-electron chi connectivity index (χ2n) is 4.43. The number of ether oxygens (including phenoxy) is 1. The van der Waals surface area contributed by atoms with E-state index in [2.05, 4.69) is 11.2 Å². The maximum Gasteiger partial charge on any atom is 0.317 e. The lowest BCUT2D eigenvalue weighted by molar-refractivity contribution is -0.142. The summed E-state index contributed by atoms with van der Waals surface area (Å²) >= 11 is 0. The molecule has 1 heterocycles. The Bertz CT molecular complexity index is 364. The van der Waals surface area contributed by atoms with E-state index in [0.29, 0.717) is 19.5 Å². The van der Waals surface area contributed by atoms with Crippen LogP contribution in [0.1, 0.15) is 19.8 Å². The first-order valence-corrected chi connectivity index (χ1v) is 6.40. The van der Waals surface area contributed by atoms with Crippen molar-refractivity contribution < 1.29 is 19.4 Å². The molecule has 0 radical (unpaired) electrons. The second kappa shape index (κ2) is 7.64. The molecule has 0 aromatic carbocycles. The zero-order valence-corrected chi connectivity index (χ0v) is 11.1. The molecular formula is C13H20N2O4. The molecule has 106 valence electrons. The van der Waals surface area contributed by atoms with Crippen LogP contribution >= 0.6 is 0 Å². The van der Waals surface area contributed by atoms with Crippen molar-refractivity contribution in [1.82, 2.24) is 10.2 Å². The number of nitrogens with one attached hydrogen (secondary N) is 1. The highest BCUT2D eigenvalue weighted by molar-refractivity contribution is 5.77. The summed E-state index contributed by atoms with van der Waals surface area (Å²) in [6, 6.07) is -0.692. The molecule has 2 amide bonds. The first-order valence-electron chi connectivity index (χ1n) is 6.40. The summed E-state index contributed by atoms with van der Waals surface area (Å²) in [4.78, 5) is 24.7. The van der Waals surface area contributed by atoms with Crippen LogP contribution in [0.3, 0.4) is 0 Å². The van der Waals surface area contributed by atoms with Gasteiger partial charge in [-0.1, -0.05) is 6.92 Å². The molecule has 1 saturated heterocycles. The first-order chi connectivity index (χ1) is 9.11. The number of terminal acetylenes is 1. The van der Waals surface area contributed by atoms with Gasteiger partial charge in [-0.25, -0.2) is 4.79 Å². The lowest BCUT2D eigenvalue weighted by Crippen LogP contribution is -2.51. The van der Waals surface area contributed by atoms with Gasteiger partial charge in [0.15, 0.2) is 0 Å². The number of aliphatic carboxylic acids is 1. The Balaban J connectivity index is 2.67. The van der Waals surface area contributed by atoms with E-state index in [0.717, 1.165) is 6.42 Å². The van der Waals surface area contributed by atoms with Gasteiger partial charge in [0.05, 0.1) is 19.3 Å². The van der Waals surface area contributed by atoms with Gasteiger partial charge in [0.2, 0.25) is 0 Å². The van der Waals surface area contributed by atoms with E-state index in [1.807, 2.05) is 6.92 Å². The SMILES string of the molecule is C#CCCNC(=O)N(CCC)C1COCC1C(=O)O. The minimum atomic E-state index is -0.931. The van der Waals surface area contributed by atoms with Crippen LogP contribution in [0.2, 0.25) is 0 Å². The topological polar surface area (TPSA) is 78.9 Å². The molecule has 0 aliphatic carbocycles. The van der Waals surface area contributed by atoms with Crippen molar-refractivity contribution in [3.05, 3.63) is 0 Å². The molecule has 1 fully saturated rings.